The van der Waals surface area contributed by atoms with Crippen molar-refractivity contribution in [2.45, 2.75) is 45.8 Å². The van der Waals surface area contributed by atoms with Crippen molar-refractivity contribution >= 4 is 5.97 Å². The van der Waals surface area contributed by atoms with Crippen LogP contribution in [0.25, 0.3) is 0 Å². The van der Waals surface area contributed by atoms with Gasteiger partial charge in [0.05, 0.1) is 0 Å². The molecule has 0 heterocycles. The van der Waals surface area contributed by atoms with Crippen LogP contribution in [0.1, 0.15) is 45.3 Å². The lowest BCUT2D eigenvalue weighted by atomic mass is 10.0. The fourth-order valence-electron chi connectivity index (χ4n) is 1.97. The molecular weight excluding hydrogens is 250 g/mol. The van der Waals surface area contributed by atoms with E-state index < -0.39 is 0 Å². The molecule has 1 rings (SSSR count). The Bertz CT molecular complexity index is 401. The second-order valence-corrected chi connectivity index (χ2v) is 5.96. The van der Waals surface area contributed by atoms with Gasteiger partial charge >= 0.3 is 5.97 Å². The summed E-state index contributed by atoms with van der Waals surface area (Å²) < 4.78 is 5.73. The van der Waals surface area contributed by atoms with Crippen LogP contribution in [0.4, 0.5) is 0 Å². The lowest BCUT2D eigenvalue weighted by molar-refractivity contribution is -0.152. The van der Waals surface area contributed by atoms with Crippen LogP contribution in [0.15, 0.2) is 30.3 Å². The monoisotopic (exact) mass is 277 g/mol. The minimum absolute atomic E-state index is 0.110. The summed E-state index contributed by atoms with van der Waals surface area (Å²) in [5.74, 6) is 0.408. The van der Waals surface area contributed by atoms with E-state index in [4.69, 9.17) is 4.74 Å². The van der Waals surface area contributed by atoms with Crippen molar-refractivity contribution in [3.63, 3.8) is 0 Å². The molecule has 0 bridgehead atoms. The number of carbonyl (C=O) groups is 1. The van der Waals surface area contributed by atoms with Crippen molar-refractivity contribution in [2.75, 3.05) is 14.1 Å². The number of nitrogens with zero attached hydrogens (tertiary/aromatic N) is 1. The van der Waals surface area contributed by atoms with E-state index in [2.05, 4.69) is 25.7 Å². The lowest BCUT2D eigenvalue weighted by Gasteiger charge is -2.29. The maximum Gasteiger partial charge on any atom is 0.306 e. The average molecular weight is 277 g/mol. The first kappa shape index (κ1) is 16.7. The normalized spacial score (nSPS) is 14.3. The third-order valence-electron chi connectivity index (χ3n) is 3.57. The van der Waals surface area contributed by atoms with Crippen molar-refractivity contribution in [1.29, 1.82) is 0 Å². The van der Waals surface area contributed by atoms with Gasteiger partial charge in [-0.25, -0.2) is 0 Å². The summed E-state index contributed by atoms with van der Waals surface area (Å²) >= 11 is 0. The topological polar surface area (TPSA) is 29.5 Å². The molecule has 0 spiro atoms. The van der Waals surface area contributed by atoms with Crippen molar-refractivity contribution < 1.29 is 9.53 Å². The molecule has 0 amide bonds. The second kappa shape index (κ2) is 8.05. The number of hydrogen-bond acceptors (Lipinski definition) is 3. The third-order valence-corrected chi connectivity index (χ3v) is 3.57. The van der Waals surface area contributed by atoms with Crippen LogP contribution in [0, 0.1) is 5.92 Å². The van der Waals surface area contributed by atoms with Gasteiger partial charge in [0.15, 0.2) is 0 Å². The molecule has 0 saturated heterocycles. The molecule has 3 nitrogen and oxygen atoms in total. The molecule has 0 aliphatic heterocycles. The maximum atomic E-state index is 12.0. The van der Waals surface area contributed by atoms with Gasteiger partial charge in [0.1, 0.15) is 6.10 Å². The van der Waals surface area contributed by atoms with Crippen LogP contribution in [0.2, 0.25) is 0 Å². The first-order valence-corrected chi connectivity index (χ1v) is 7.32. The Labute approximate surface area is 122 Å². The highest BCUT2D eigenvalue weighted by Gasteiger charge is 2.24. The number of benzene rings is 1. The Kier molecular flexibility index (Phi) is 6.73. The van der Waals surface area contributed by atoms with Gasteiger partial charge < -0.3 is 9.64 Å². The zero-order chi connectivity index (χ0) is 15.1. The number of ether oxygens (including phenoxy) is 1. The van der Waals surface area contributed by atoms with Gasteiger partial charge in [0, 0.05) is 12.5 Å². The number of carbonyl (C=O) groups excluding carboxylic acids is 1. The molecule has 0 aliphatic carbocycles. The minimum Gasteiger partial charge on any atom is -0.456 e. The average Bonchev–Trinajstić information content (AvgIpc) is 2.42. The first-order chi connectivity index (χ1) is 9.41. The Morgan fingerprint density at radius 3 is 2.25 bits per heavy atom. The molecule has 0 fully saturated rings. The Hall–Kier alpha value is -1.35. The van der Waals surface area contributed by atoms with Crippen LogP contribution in [0.5, 0.6) is 0 Å². The third kappa shape index (κ3) is 5.33. The molecule has 0 aliphatic rings. The van der Waals surface area contributed by atoms with Crippen LogP contribution < -0.4 is 0 Å². The minimum atomic E-state index is -0.217. The summed E-state index contributed by atoms with van der Waals surface area (Å²) in [5.41, 5.74) is 1.05. The molecular formula is C17H27NO2. The molecule has 0 aromatic heterocycles. The molecule has 0 radical (unpaired) electrons. The summed E-state index contributed by atoms with van der Waals surface area (Å²) in [6.45, 7) is 6.31. The highest BCUT2D eigenvalue weighted by Crippen LogP contribution is 2.24. The molecule has 0 saturated carbocycles. The van der Waals surface area contributed by atoms with E-state index in [1.54, 1.807) is 0 Å². The van der Waals surface area contributed by atoms with E-state index >= 15 is 0 Å². The molecule has 1 aromatic carbocycles. The van der Waals surface area contributed by atoms with E-state index in [0.717, 1.165) is 12.0 Å². The standard InChI is InChI=1S/C17H27NO2/c1-13(2)11-12-16(19)20-17(14(3)18(4)5)15-9-7-6-8-10-15/h6-10,13-14,17H,11-12H2,1-5H3/t14-,17-/m0/s1. The summed E-state index contributed by atoms with van der Waals surface area (Å²) in [6, 6.07) is 10.1. The Morgan fingerprint density at radius 2 is 1.75 bits per heavy atom. The molecule has 112 valence electrons. The predicted octanol–water partition coefficient (Wildman–Crippen LogP) is 3.66. The van der Waals surface area contributed by atoms with Crippen molar-refractivity contribution in [3.8, 4) is 0 Å². The van der Waals surface area contributed by atoms with Gasteiger partial charge in [-0.3, -0.25) is 4.79 Å². The number of esters is 1. The fourth-order valence-corrected chi connectivity index (χ4v) is 1.97. The second-order valence-electron chi connectivity index (χ2n) is 5.96. The van der Waals surface area contributed by atoms with Crippen LogP contribution >= 0.6 is 0 Å². The summed E-state index contributed by atoms with van der Waals surface area (Å²) in [4.78, 5) is 14.1. The summed E-state index contributed by atoms with van der Waals surface area (Å²) in [5, 5.41) is 0. The van der Waals surface area contributed by atoms with E-state index in [1.165, 1.54) is 0 Å². The fraction of sp³-hybridized carbons (Fsp3) is 0.588. The number of rotatable bonds is 7. The molecule has 20 heavy (non-hydrogen) atoms. The van der Waals surface area contributed by atoms with Gasteiger partial charge in [-0.05, 0) is 38.9 Å². The zero-order valence-corrected chi connectivity index (χ0v) is 13.3. The highest BCUT2D eigenvalue weighted by molar-refractivity contribution is 5.69. The smallest absolute Gasteiger partial charge is 0.306 e. The highest BCUT2D eigenvalue weighted by atomic mass is 16.5. The zero-order valence-electron chi connectivity index (χ0n) is 13.3. The van der Waals surface area contributed by atoms with Gasteiger partial charge in [-0.1, -0.05) is 44.2 Å². The summed E-state index contributed by atoms with van der Waals surface area (Å²) in [6.07, 6.45) is 1.14. The van der Waals surface area contributed by atoms with E-state index in [1.807, 2.05) is 44.4 Å². The van der Waals surface area contributed by atoms with Gasteiger partial charge in [0.2, 0.25) is 0 Å². The van der Waals surface area contributed by atoms with Crippen LogP contribution in [-0.2, 0) is 9.53 Å². The van der Waals surface area contributed by atoms with Crippen molar-refractivity contribution in [2.24, 2.45) is 5.92 Å². The largest absolute Gasteiger partial charge is 0.456 e. The Balaban J connectivity index is 2.76. The molecule has 1 aromatic rings. The van der Waals surface area contributed by atoms with Crippen molar-refractivity contribution in [3.05, 3.63) is 35.9 Å². The molecule has 2 atom stereocenters. The molecule has 0 N–H and O–H groups in total. The maximum absolute atomic E-state index is 12.0. The Morgan fingerprint density at radius 1 is 1.15 bits per heavy atom. The van der Waals surface area contributed by atoms with Gasteiger partial charge in [-0.15, -0.1) is 0 Å². The quantitative estimate of drug-likeness (QED) is 0.712. The van der Waals surface area contributed by atoms with Crippen molar-refractivity contribution in [1.82, 2.24) is 4.90 Å². The molecule has 3 heteroatoms. The SMILES string of the molecule is CC(C)CCC(=O)O[C@H](c1ccccc1)[C@H](C)N(C)C. The van der Waals surface area contributed by atoms with Gasteiger partial charge in [-0.2, -0.15) is 0 Å². The lowest BCUT2D eigenvalue weighted by Crippen LogP contribution is -2.33. The molecule has 0 unspecified atom stereocenters. The predicted molar refractivity (Wildman–Crippen MR) is 82.5 cm³/mol. The van der Waals surface area contributed by atoms with E-state index in [-0.39, 0.29) is 18.1 Å². The van der Waals surface area contributed by atoms with Crippen LogP contribution in [-0.4, -0.2) is 31.0 Å². The summed E-state index contributed by atoms with van der Waals surface area (Å²) in [7, 11) is 4.01. The van der Waals surface area contributed by atoms with E-state index in [0.29, 0.717) is 12.3 Å². The number of hydrogen-bond donors (Lipinski definition) is 0. The van der Waals surface area contributed by atoms with E-state index in [9.17, 15) is 4.79 Å². The van der Waals surface area contributed by atoms with Crippen LogP contribution in [0.3, 0.4) is 0 Å². The first-order valence-electron chi connectivity index (χ1n) is 7.32. The van der Waals surface area contributed by atoms with Gasteiger partial charge in [0.25, 0.3) is 0 Å². The number of likely N-dealkylation sites (N-methyl/N-ethyl adjacent to an activating group) is 1.